The largest absolute Gasteiger partial charge is 0.423 e. The monoisotopic (exact) mass is 351 g/mol. The van der Waals surface area contributed by atoms with E-state index in [1.807, 2.05) is 25.1 Å². The molecule has 0 spiro atoms. The molecule has 1 aliphatic heterocycles. The molecule has 0 amide bonds. The average molecular weight is 352 g/mol. The van der Waals surface area contributed by atoms with Gasteiger partial charge in [-0.2, -0.15) is 0 Å². The van der Waals surface area contributed by atoms with E-state index < -0.39 is 0 Å². The fourth-order valence-electron chi connectivity index (χ4n) is 2.98. The predicted octanol–water partition coefficient (Wildman–Crippen LogP) is 2.76. The highest BCUT2D eigenvalue weighted by molar-refractivity contribution is 9.10. The summed E-state index contributed by atoms with van der Waals surface area (Å²) in [6, 6.07) is 7.32. The van der Waals surface area contributed by atoms with Crippen LogP contribution in [0.15, 0.2) is 37.9 Å². The molecule has 1 aliphatic rings. The number of hydrogen-bond donors (Lipinski definition) is 1. The Hall–Kier alpha value is -1.17. The summed E-state index contributed by atoms with van der Waals surface area (Å²) in [6.45, 7) is 4.38. The standard InChI is InChI=1S/C16H18BrNO3/c1-10(19)11-4-5-18(8-11)9-12-6-16(20)21-15-7-13(17)2-3-14(12)15/h2-3,6-7,10-11,19H,4-5,8-9H2,1H3. The minimum Gasteiger partial charge on any atom is -0.423 e. The number of aliphatic hydroxyl groups excluding tert-OH is 1. The minimum atomic E-state index is -0.318. The number of rotatable bonds is 3. The number of aliphatic hydroxyl groups is 1. The first-order valence-corrected chi connectivity index (χ1v) is 7.95. The van der Waals surface area contributed by atoms with Gasteiger partial charge in [0, 0.05) is 29.0 Å². The van der Waals surface area contributed by atoms with Gasteiger partial charge in [0.15, 0.2) is 0 Å². The average Bonchev–Trinajstić information content (AvgIpc) is 2.86. The van der Waals surface area contributed by atoms with Crippen LogP contribution in [0.3, 0.4) is 0 Å². The van der Waals surface area contributed by atoms with Crippen molar-refractivity contribution in [1.29, 1.82) is 0 Å². The first-order valence-electron chi connectivity index (χ1n) is 7.15. The molecule has 1 aromatic carbocycles. The van der Waals surface area contributed by atoms with Gasteiger partial charge in [0.2, 0.25) is 0 Å². The van der Waals surface area contributed by atoms with Crippen LogP contribution in [0.25, 0.3) is 11.0 Å². The van der Waals surface area contributed by atoms with Crippen molar-refractivity contribution >= 4 is 26.9 Å². The van der Waals surface area contributed by atoms with Crippen molar-refractivity contribution in [2.24, 2.45) is 5.92 Å². The van der Waals surface area contributed by atoms with E-state index in [-0.39, 0.29) is 11.7 Å². The molecule has 5 heteroatoms. The molecule has 0 aliphatic carbocycles. The van der Waals surface area contributed by atoms with E-state index in [0.717, 1.165) is 34.9 Å². The van der Waals surface area contributed by atoms with Gasteiger partial charge in [0.25, 0.3) is 0 Å². The first kappa shape index (κ1) is 14.8. The van der Waals surface area contributed by atoms with Crippen molar-refractivity contribution in [2.45, 2.75) is 26.0 Å². The summed E-state index contributed by atoms with van der Waals surface area (Å²) < 4.78 is 6.16. The highest BCUT2D eigenvalue weighted by atomic mass is 79.9. The van der Waals surface area contributed by atoms with E-state index in [2.05, 4.69) is 20.8 Å². The Morgan fingerprint density at radius 1 is 1.48 bits per heavy atom. The molecule has 2 heterocycles. The summed E-state index contributed by atoms with van der Waals surface area (Å²) in [5.41, 5.74) is 1.28. The lowest BCUT2D eigenvalue weighted by molar-refractivity contribution is 0.127. The first-order chi connectivity index (χ1) is 10.0. The molecular weight excluding hydrogens is 334 g/mol. The van der Waals surface area contributed by atoms with Crippen LogP contribution >= 0.6 is 15.9 Å². The van der Waals surface area contributed by atoms with Gasteiger partial charge in [-0.15, -0.1) is 0 Å². The van der Waals surface area contributed by atoms with Crippen LogP contribution in [-0.4, -0.2) is 29.2 Å². The van der Waals surface area contributed by atoms with E-state index in [1.54, 1.807) is 6.07 Å². The highest BCUT2D eigenvalue weighted by Gasteiger charge is 2.26. The number of hydrogen-bond acceptors (Lipinski definition) is 4. The highest BCUT2D eigenvalue weighted by Crippen LogP contribution is 2.25. The fraction of sp³-hybridized carbons (Fsp3) is 0.438. The predicted molar refractivity (Wildman–Crippen MR) is 85.2 cm³/mol. The van der Waals surface area contributed by atoms with Crippen molar-refractivity contribution in [3.05, 3.63) is 44.7 Å². The molecule has 1 aromatic heterocycles. The molecule has 0 bridgehead atoms. The van der Waals surface area contributed by atoms with E-state index in [0.29, 0.717) is 18.0 Å². The van der Waals surface area contributed by atoms with Crippen LogP contribution in [0, 0.1) is 5.92 Å². The zero-order valence-electron chi connectivity index (χ0n) is 11.9. The molecule has 1 fully saturated rings. The van der Waals surface area contributed by atoms with Crippen molar-refractivity contribution in [3.63, 3.8) is 0 Å². The Labute approximate surface area is 131 Å². The lowest BCUT2D eigenvalue weighted by Gasteiger charge is -2.18. The summed E-state index contributed by atoms with van der Waals surface area (Å²) in [6.07, 6.45) is 0.728. The van der Waals surface area contributed by atoms with Crippen LogP contribution in [0.5, 0.6) is 0 Å². The van der Waals surface area contributed by atoms with Crippen LogP contribution < -0.4 is 5.63 Å². The van der Waals surface area contributed by atoms with Crippen LogP contribution in [0.2, 0.25) is 0 Å². The number of nitrogens with zero attached hydrogens (tertiary/aromatic N) is 1. The summed E-state index contributed by atoms with van der Waals surface area (Å²) >= 11 is 3.39. The molecule has 1 saturated heterocycles. The lowest BCUT2D eigenvalue weighted by Crippen LogP contribution is -2.24. The molecule has 3 rings (SSSR count). The van der Waals surface area contributed by atoms with Crippen LogP contribution in [-0.2, 0) is 6.54 Å². The summed E-state index contributed by atoms with van der Waals surface area (Å²) in [4.78, 5) is 14.0. The normalized spacial score (nSPS) is 21.0. The Morgan fingerprint density at radius 3 is 3.00 bits per heavy atom. The summed E-state index contributed by atoms with van der Waals surface area (Å²) in [7, 11) is 0. The lowest BCUT2D eigenvalue weighted by atomic mass is 10.0. The molecule has 2 aromatic rings. The fourth-order valence-corrected chi connectivity index (χ4v) is 3.32. The third kappa shape index (κ3) is 3.20. The second-order valence-corrected chi connectivity index (χ2v) is 6.67. The molecule has 0 saturated carbocycles. The smallest absolute Gasteiger partial charge is 0.336 e. The van der Waals surface area contributed by atoms with E-state index >= 15 is 0 Å². The van der Waals surface area contributed by atoms with Gasteiger partial charge < -0.3 is 9.52 Å². The van der Waals surface area contributed by atoms with Crippen molar-refractivity contribution in [3.8, 4) is 0 Å². The minimum absolute atomic E-state index is 0.274. The molecule has 4 nitrogen and oxygen atoms in total. The molecule has 0 radical (unpaired) electrons. The van der Waals surface area contributed by atoms with Gasteiger partial charge in [-0.3, -0.25) is 4.90 Å². The Bertz CT molecular complexity index is 710. The zero-order valence-corrected chi connectivity index (χ0v) is 13.5. The Morgan fingerprint density at radius 2 is 2.29 bits per heavy atom. The van der Waals surface area contributed by atoms with Gasteiger partial charge in [-0.05, 0) is 49.6 Å². The van der Waals surface area contributed by atoms with Crippen LogP contribution in [0.4, 0.5) is 0 Å². The number of halogens is 1. The topological polar surface area (TPSA) is 53.7 Å². The SMILES string of the molecule is CC(O)C1CCN(Cc2cc(=O)oc3cc(Br)ccc23)C1. The number of benzene rings is 1. The van der Waals surface area contributed by atoms with Gasteiger partial charge in [-0.25, -0.2) is 4.79 Å². The maximum absolute atomic E-state index is 11.7. The van der Waals surface area contributed by atoms with E-state index in [9.17, 15) is 9.90 Å². The molecule has 21 heavy (non-hydrogen) atoms. The van der Waals surface area contributed by atoms with Crippen molar-refractivity contribution < 1.29 is 9.52 Å². The zero-order chi connectivity index (χ0) is 15.0. The van der Waals surface area contributed by atoms with Crippen LogP contribution in [0.1, 0.15) is 18.9 Å². The summed E-state index contributed by atoms with van der Waals surface area (Å²) in [5.74, 6) is 0.325. The second kappa shape index (κ2) is 5.91. The summed E-state index contributed by atoms with van der Waals surface area (Å²) in [5, 5.41) is 10.7. The molecule has 2 unspecified atom stereocenters. The van der Waals surface area contributed by atoms with Gasteiger partial charge in [0.05, 0.1) is 6.10 Å². The third-order valence-corrected chi connectivity index (χ3v) is 4.67. The third-order valence-electron chi connectivity index (χ3n) is 4.18. The van der Waals surface area contributed by atoms with E-state index in [4.69, 9.17) is 4.42 Å². The maximum atomic E-state index is 11.7. The van der Waals surface area contributed by atoms with E-state index in [1.165, 1.54) is 0 Å². The Balaban J connectivity index is 1.89. The molecular formula is C16H18BrNO3. The Kier molecular flexibility index (Phi) is 4.15. The van der Waals surface area contributed by atoms with Crippen molar-refractivity contribution in [1.82, 2.24) is 4.90 Å². The molecule has 112 valence electrons. The molecule has 2 atom stereocenters. The number of fused-ring (bicyclic) bond motifs is 1. The quantitative estimate of drug-likeness (QED) is 0.864. The number of likely N-dealkylation sites (tertiary alicyclic amines) is 1. The maximum Gasteiger partial charge on any atom is 0.336 e. The molecule has 1 N–H and O–H groups in total. The van der Waals surface area contributed by atoms with Gasteiger partial charge in [-0.1, -0.05) is 15.9 Å². The van der Waals surface area contributed by atoms with Crippen molar-refractivity contribution in [2.75, 3.05) is 13.1 Å². The van der Waals surface area contributed by atoms with Gasteiger partial charge in [0.1, 0.15) is 5.58 Å². The second-order valence-electron chi connectivity index (χ2n) is 5.76. The van der Waals surface area contributed by atoms with Gasteiger partial charge >= 0.3 is 5.63 Å².